The lowest BCUT2D eigenvalue weighted by atomic mass is 9.44. The highest BCUT2D eigenvalue weighted by molar-refractivity contribution is 5.86. The normalized spacial score (nSPS) is 32.6. The van der Waals surface area contributed by atoms with Crippen molar-refractivity contribution >= 4 is 11.8 Å². The van der Waals surface area contributed by atoms with Crippen molar-refractivity contribution in [2.75, 3.05) is 13.1 Å². The maximum atomic E-state index is 12.9. The molecule has 1 aromatic carbocycles. The van der Waals surface area contributed by atoms with Crippen molar-refractivity contribution in [2.45, 2.75) is 63.7 Å². The summed E-state index contributed by atoms with van der Waals surface area (Å²) in [5.74, 6) is 1.11. The SMILES string of the molecule is CC(C)NC(=O)C1OC2(CCN(C(=O)C34CC(C3)C4)CC2)c2ccccc21. The molecule has 5 nitrogen and oxygen atoms in total. The van der Waals surface area contributed by atoms with Crippen LogP contribution in [-0.2, 0) is 19.9 Å². The zero-order valence-electron chi connectivity index (χ0n) is 16.2. The minimum atomic E-state index is -0.552. The van der Waals surface area contributed by atoms with Gasteiger partial charge >= 0.3 is 0 Å². The third-order valence-electron chi connectivity index (χ3n) is 7.10. The molecule has 3 saturated carbocycles. The first-order valence-electron chi connectivity index (χ1n) is 10.3. The van der Waals surface area contributed by atoms with Crippen LogP contribution in [0.3, 0.4) is 0 Å². The number of likely N-dealkylation sites (tertiary alicyclic amines) is 1. The third-order valence-corrected chi connectivity index (χ3v) is 7.10. The summed E-state index contributed by atoms with van der Waals surface area (Å²) in [5, 5.41) is 2.99. The minimum absolute atomic E-state index is 0.0106. The molecule has 4 fully saturated rings. The van der Waals surface area contributed by atoms with E-state index in [9.17, 15) is 9.59 Å². The van der Waals surface area contributed by atoms with Gasteiger partial charge < -0.3 is 15.0 Å². The molecule has 2 heterocycles. The fraction of sp³-hybridized carbons (Fsp3) is 0.636. The smallest absolute Gasteiger partial charge is 0.254 e. The van der Waals surface area contributed by atoms with Gasteiger partial charge in [0.1, 0.15) is 0 Å². The first-order valence-corrected chi connectivity index (χ1v) is 10.3. The van der Waals surface area contributed by atoms with Gasteiger partial charge in [0.05, 0.1) is 11.0 Å². The maximum Gasteiger partial charge on any atom is 0.254 e. The van der Waals surface area contributed by atoms with Gasteiger partial charge in [-0.3, -0.25) is 9.59 Å². The van der Waals surface area contributed by atoms with Crippen molar-refractivity contribution in [1.82, 2.24) is 10.2 Å². The van der Waals surface area contributed by atoms with E-state index in [2.05, 4.69) is 11.4 Å². The lowest BCUT2D eigenvalue weighted by molar-refractivity contribution is -0.183. The van der Waals surface area contributed by atoms with Gasteiger partial charge in [0.15, 0.2) is 6.10 Å². The van der Waals surface area contributed by atoms with Crippen LogP contribution >= 0.6 is 0 Å². The van der Waals surface area contributed by atoms with Crippen molar-refractivity contribution in [1.29, 1.82) is 0 Å². The van der Waals surface area contributed by atoms with E-state index in [-0.39, 0.29) is 17.4 Å². The van der Waals surface area contributed by atoms with E-state index in [1.807, 2.05) is 36.9 Å². The summed E-state index contributed by atoms with van der Waals surface area (Å²) in [7, 11) is 0. The molecule has 1 unspecified atom stereocenters. The zero-order valence-corrected chi connectivity index (χ0v) is 16.2. The maximum absolute atomic E-state index is 12.9. The zero-order chi connectivity index (χ0) is 18.8. The summed E-state index contributed by atoms with van der Waals surface area (Å²) in [5.41, 5.74) is 1.66. The second-order valence-corrected chi connectivity index (χ2v) is 9.29. The van der Waals surface area contributed by atoms with Gasteiger partial charge in [-0.05, 0) is 63.0 Å². The van der Waals surface area contributed by atoms with E-state index in [0.29, 0.717) is 5.91 Å². The monoisotopic (exact) mass is 368 g/mol. The van der Waals surface area contributed by atoms with Crippen LogP contribution in [0.1, 0.15) is 63.2 Å². The van der Waals surface area contributed by atoms with Crippen LogP contribution in [0.25, 0.3) is 0 Å². The first kappa shape index (κ1) is 17.2. The Bertz CT molecular complexity index is 777. The Labute approximate surface area is 160 Å². The average Bonchev–Trinajstić information content (AvgIpc) is 2.87. The summed E-state index contributed by atoms with van der Waals surface area (Å²) in [4.78, 5) is 27.7. The number of amides is 2. The number of hydrogen-bond donors (Lipinski definition) is 1. The molecular formula is C22H28N2O3. The lowest BCUT2D eigenvalue weighted by Gasteiger charge is -2.61. The second-order valence-electron chi connectivity index (χ2n) is 9.29. The molecule has 27 heavy (non-hydrogen) atoms. The molecule has 1 atom stereocenters. The van der Waals surface area contributed by atoms with E-state index in [4.69, 9.17) is 4.74 Å². The molecule has 2 aliphatic heterocycles. The number of benzene rings is 1. The Morgan fingerprint density at radius 3 is 2.41 bits per heavy atom. The van der Waals surface area contributed by atoms with Crippen LogP contribution in [0, 0.1) is 11.3 Å². The number of ether oxygens (including phenoxy) is 1. The van der Waals surface area contributed by atoms with E-state index < -0.39 is 11.7 Å². The molecule has 5 aliphatic rings. The standard InChI is InChI=1S/C22H28N2O3/c1-14(2)23-19(25)18-16-5-3-4-6-17(16)22(27-18)7-9-24(10-8-22)20(26)21-11-15(12-21)13-21/h3-6,14-15,18H,7-13H2,1-2H3,(H,23,25). The molecule has 5 heteroatoms. The van der Waals surface area contributed by atoms with Gasteiger partial charge in [0.2, 0.25) is 5.91 Å². The predicted octanol–water partition coefficient (Wildman–Crippen LogP) is 2.90. The van der Waals surface area contributed by atoms with Crippen LogP contribution in [0.4, 0.5) is 0 Å². The van der Waals surface area contributed by atoms with Crippen molar-refractivity contribution in [2.24, 2.45) is 11.3 Å². The molecule has 1 saturated heterocycles. The van der Waals surface area contributed by atoms with Crippen molar-refractivity contribution in [3.63, 3.8) is 0 Å². The van der Waals surface area contributed by atoms with Crippen molar-refractivity contribution < 1.29 is 14.3 Å². The Hall–Kier alpha value is -1.88. The number of hydrogen-bond acceptors (Lipinski definition) is 3. The average molecular weight is 368 g/mol. The molecule has 144 valence electrons. The molecule has 3 aliphatic carbocycles. The molecule has 1 spiro atoms. The number of fused-ring (bicyclic) bond motifs is 2. The largest absolute Gasteiger partial charge is 0.352 e. The molecule has 1 N–H and O–H groups in total. The number of nitrogens with one attached hydrogen (secondary N) is 1. The molecule has 1 aromatic rings. The summed E-state index contributed by atoms with van der Waals surface area (Å²) >= 11 is 0. The van der Waals surface area contributed by atoms with Gasteiger partial charge in [-0.1, -0.05) is 24.3 Å². The van der Waals surface area contributed by atoms with E-state index in [1.165, 1.54) is 0 Å². The first-order chi connectivity index (χ1) is 12.9. The summed E-state index contributed by atoms with van der Waals surface area (Å²) in [6.45, 7) is 5.36. The van der Waals surface area contributed by atoms with Gasteiger partial charge in [-0.2, -0.15) is 0 Å². The fourth-order valence-corrected chi connectivity index (χ4v) is 5.58. The molecular weight excluding hydrogens is 340 g/mol. The highest BCUT2D eigenvalue weighted by Crippen LogP contribution is 2.65. The van der Waals surface area contributed by atoms with Crippen LogP contribution in [0.15, 0.2) is 24.3 Å². The number of piperidine rings is 1. The number of carbonyl (C=O) groups excluding carboxylic acids is 2. The molecule has 2 amide bonds. The predicted molar refractivity (Wildman–Crippen MR) is 101 cm³/mol. The van der Waals surface area contributed by atoms with Gasteiger partial charge in [0.25, 0.3) is 5.91 Å². The summed E-state index contributed by atoms with van der Waals surface area (Å²) in [6.07, 6.45) is 4.28. The van der Waals surface area contributed by atoms with Crippen LogP contribution < -0.4 is 5.32 Å². The quantitative estimate of drug-likeness (QED) is 0.892. The van der Waals surface area contributed by atoms with Crippen LogP contribution in [0.2, 0.25) is 0 Å². The number of nitrogens with zero attached hydrogens (tertiary/aromatic N) is 1. The summed E-state index contributed by atoms with van der Waals surface area (Å²) in [6, 6.07) is 8.17. The highest BCUT2D eigenvalue weighted by Gasteiger charge is 2.63. The van der Waals surface area contributed by atoms with Gasteiger partial charge in [0, 0.05) is 19.1 Å². The Balaban J connectivity index is 1.34. The van der Waals surface area contributed by atoms with E-state index in [0.717, 1.165) is 62.2 Å². The van der Waals surface area contributed by atoms with Crippen molar-refractivity contribution in [3.8, 4) is 0 Å². The Morgan fingerprint density at radius 2 is 1.81 bits per heavy atom. The lowest BCUT2D eigenvalue weighted by Crippen LogP contribution is -2.62. The minimum Gasteiger partial charge on any atom is -0.352 e. The number of carbonyl (C=O) groups is 2. The fourth-order valence-electron chi connectivity index (χ4n) is 5.58. The third kappa shape index (κ3) is 2.47. The molecule has 0 aromatic heterocycles. The second kappa shape index (κ2) is 5.81. The van der Waals surface area contributed by atoms with Crippen molar-refractivity contribution in [3.05, 3.63) is 35.4 Å². The topological polar surface area (TPSA) is 58.6 Å². The van der Waals surface area contributed by atoms with E-state index in [1.54, 1.807) is 0 Å². The number of rotatable bonds is 3. The van der Waals surface area contributed by atoms with Gasteiger partial charge in [-0.25, -0.2) is 0 Å². The highest BCUT2D eigenvalue weighted by atomic mass is 16.5. The molecule has 2 bridgehead atoms. The molecule has 0 radical (unpaired) electrons. The molecule has 6 rings (SSSR count). The van der Waals surface area contributed by atoms with Crippen LogP contribution in [-0.4, -0.2) is 35.8 Å². The van der Waals surface area contributed by atoms with E-state index >= 15 is 0 Å². The Kier molecular flexibility index (Phi) is 3.71. The Morgan fingerprint density at radius 1 is 1.15 bits per heavy atom. The van der Waals surface area contributed by atoms with Gasteiger partial charge in [-0.15, -0.1) is 0 Å². The van der Waals surface area contributed by atoms with Crippen LogP contribution in [0.5, 0.6) is 0 Å². The summed E-state index contributed by atoms with van der Waals surface area (Å²) < 4.78 is 6.44.